The summed E-state index contributed by atoms with van der Waals surface area (Å²) in [5.41, 5.74) is 0.212. The standard InChI is InChI=1S/C18H29BN2O3S/c1-17(2)18(3,4)24-19(23-17)13-11-15(16(22-5)20-12-13)25-21-14-9-7-6-8-10-14/h11-12,14,21H,6-10H2,1-5H3. The molecule has 138 valence electrons. The molecule has 0 bridgehead atoms. The Labute approximate surface area is 155 Å². The molecule has 0 atom stereocenters. The van der Waals surface area contributed by atoms with Gasteiger partial charge in [-0.05, 0) is 58.6 Å². The monoisotopic (exact) mass is 364 g/mol. The zero-order valence-corrected chi connectivity index (χ0v) is 16.7. The Balaban J connectivity index is 1.73. The summed E-state index contributed by atoms with van der Waals surface area (Å²) in [5, 5.41) is 0. The Kier molecular flexibility index (Phi) is 5.68. The second-order valence-electron chi connectivity index (χ2n) is 7.92. The number of aromatic nitrogens is 1. The second-order valence-corrected chi connectivity index (χ2v) is 8.80. The second kappa shape index (κ2) is 7.47. The molecule has 0 radical (unpaired) electrons. The van der Waals surface area contributed by atoms with Crippen molar-refractivity contribution in [1.82, 2.24) is 9.71 Å². The van der Waals surface area contributed by atoms with E-state index >= 15 is 0 Å². The number of nitrogens with zero attached hydrogens (tertiary/aromatic N) is 1. The maximum absolute atomic E-state index is 6.14. The zero-order chi connectivity index (χ0) is 18.1. The minimum absolute atomic E-state index is 0.356. The van der Waals surface area contributed by atoms with E-state index in [9.17, 15) is 0 Å². The van der Waals surface area contributed by atoms with Crippen molar-refractivity contribution in [2.45, 2.75) is 81.9 Å². The van der Waals surface area contributed by atoms with Crippen molar-refractivity contribution < 1.29 is 14.0 Å². The van der Waals surface area contributed by atoms with Gasteiger partial charge in [0.05, 0.1) is 23.2 Å². The predicted octanol–water partition coefficient (Wildman–Crippen LogP) is 3.32. The number of rotatable bonds is 5. The molecule has 1 aliphatic heterocycles. The smallest absolute Gasteiger partial charge is 0.480 e. The molecule has 0 amide bonds. The van der Waals surface area contributed by atoms with Crippen molar-refractivity contribution in [3.63, 3.8) is 0 Å². The van der Waals surface area contributed by atoms with Gasteiger partial charge in [-0.3, -0.25) is 4.72 Å². The predicted molar refractivity (Wildman–Crippen MR) is 102 cm³/mol. The molecule has 0 spiro atoms. The third kappa shape index (κ3) is 4.16. The maximum atomic E-state index is 6.14. The van der Waals surface area contributed by atoms with Crippen LogP contribution in [-0.4, -0.2) is 36.5 Å². The van der Waals surface area contributed by atoms with E-state index in [1.807, 2.05) is 0 Å². The molecule has 25 heavy (non-hydrogen) atoms. The summed E-state index contributed by atoms with van der Waals surface area (Å²) < 4.78 is 21.3. The molecule has 7 heteroatoms. The van der Waals surface area contributed by atoms with Crippen LogP contribution in [-0.2, 0) is 9.31 Å². The highest BCUT2D eigenvalue weighted by atomic mass is 32.2. The Morgan fingerprint density at radius 2 is 1.80 bits per heavy atom. The highest BCUT2D eigenvalue weighted by Gasteiger charge is 2.51. The van der Waals surface area contributed by atoms with E-state index in [2.05, 4.69) is 43.5 Å². The summed E-state index contributed by atoms with van der Waals surface area (Å²) in [7, 11) is 1.25. The number of nitrogens with one attached hydrogen (secondary N) is 1. The Morgan fingerprint density at radius 3 is 2.40 bits per heavy atom. The van der Waals surface area contributed by atoms with E-state index in [0.29, 0.717) is 11.9 Å². The summed E-state index contributed by atoms with van der Waals surface area (Å²) in [5.74, 6) is 0.633. The number of methoxy groups -OCH3 is 1. The third-order valence-corrected chi connectivity index (χ3v) is 6.46. The van der Waals surface area contributed by atoms with Crippen LogP contribution in [0.4, 0.5) is 0 Å². The molecule has 1 aromatic heterocycles. The zero-order valence-electron chi connectivity index (χ0n) is 15.9. The Hall–Kier alpha value is -0.755. The van der Waals surface area contributed by atoms with Crippen LogP contribution < -0.4 is 14.9 Å². The summed E-state index contributed by atoms with van der Waals surface area (Å²) >= 11 is 1.60. The van der Waals surface area contributed by atoms with Crippen molar-refractivity contribution >= 4 is 24.5 Å². The molecule has 2 aliphatic rings. The Bertz CT molecular complexity index is 590. The van der Waals surface area contributed by atoms with Gasteiger partial charge in [0.15, 0.2) is 0 Å². The molecule has 0 aromatic carbocycles. The maximum Gasteiger partial charge on any atom is 0.496 e. The lowest BCUT2D eigenvalue weighted by molar-refractivity contribution is 0.00578. The lowest BCUT2D eigenvalue weighted by Crippen LogP contribution is -2.41. The van der Waals surface area contributed by atoms with E-state index in [4.69, 9.17) is 14.0 Å². The molecular weight excluding hydrogens is 335 g/mol. The fourth-order valence-electron chi connectivity index (χ4n) is 3.15. The normalized spacial score (nSPS) is 23.0. The SMILES string of the molecule is COc1ncc(B2OC(C)(C)C(C)(C)O2)cc1SNC1CCCCC1. The molecule has 2 heterocycles. The van der Waals surface area contributed by atoms with Gasteiger partial charge in [-0.15, -0.1) is 0 Å². The first-order valence-corrected chi connectivity index (χ1v) is 9.96. The highest BCUT2D eigenvalue weighted by Crippen LogP contribution is 2.37. The number of ether oxygens (including phenoxy) is 1. The van der Waals surface area contributed by atoms with Crippen LogP contribution in [0.15, 0.2) is 17.2 Å². The van der Waals surface area contributed by atoms with E-state index in [-0.39, 0.29) is 11.2 Å². The Morgan fingerprint density at radius 1 is 1.16 bits per heavy atom. The van der Waals surface area contributed by atoms with Crippen LogP contribution in [0.1, 0.15) is 59.8 Å². The van der Waals surface area contributed by atoms with Crippen LogP contribution >= 0.6 is 11.9 Å². The fraction of sp³-hybridized carbons (Fsp3) is 0.722. The van der Waals surface area contributed by atoms with Gasteiger partial charge in [0.2, 0.25) is 5.88 Å². The van der Waals surface area contributed by atoms with Crippen molar-refractivity contribution in [2.24, 2.45) is 0 Å². The van der Waals surface area contributed by atoms with Gasteiger partial charge >= 0.3 is 7.12 Å². The van der Waals surface area contributed by atoms with Crippen molar-refractivity contribution in [3.8, 4) is 5.88 Å². The van der Waals surface area contributed by atoms with E-state index < -0.39 is 7.12 Å². The number of hydrogen-bond donors (Lipinski definition) is 1. The minimum atomic E-state index is -0.405. The fourth-order valence-corrected chi connectivity index (χ4v) is 4.10. The van der Waals surface area contributed by atoms with Gasteiger partial charge in [0.25, 0.3) is 0 Å². The van der Waals surface area contributed by atoms with Crippen molar-refractivity contribution in [2.75, 3.05) is 7.11 Å². The van der Waals surface area contributed by atoms with Gasteiger partial charge in [0, 0.05) is 17.7 Å². The molecular formula is C18H29BN2O3S. The summed E-state index contributed by atoms with van der Waals surface area (Å²) in [6.45, 7) is 8.24. The molecule has 1 saturated heterocycles. The molecule has 1 aliphatic carbocycles. The quantitative estimate of drug-likeness (QED) is 0.639. The largest absolute Gasteiger partial charge is 0.496 e. The topological polar surface area (TPSA) is 52.6 Å². The molecule has 3 rings (SSSR count). The third-order valence-electron chi connectivity index (χ3n) is 5.50. The van der Waals surface area contributed by atoms with E-state index in [1.165, 1.54) is 32.1 Å². The summed E-state index contributed by atoms with van der Waals surface area (Å²) in [6.07, 6.45) is 8.22. The lowest BCUT2D eigenvalue weighted by atomic mass is 9.80. The average molecular weight is 364 g/mol. The van der Waals surface area contributed by atoms with Gasteiger partial charge in [-0.25, -0.2) is 4.98 Å². The van der Waals surface area contributed by atoms with Crippen LogP contribution in [0.2, 0.25) is 0 Å². The lowest BCUT2D eigenvalue weighted by Gasteiger charge is -2.32. The number of hydrogen-bond acceptors (Lipinski definition) is 6. The molecule has 2 fully saturated rings. The molecule has 1 aromatic rings. The van der Waals surface area contributed by atoms with Gasteiger partial charge in [0.1, 0.15) is 0 Å². The average Bonchev–Trinajstić information content (AvgIpc) is 2.81. The van der Waals surface area contributed by atoms with Gasteiger partial charge < -0.3 is 14.0 Å². The van der Waals surface area contributed by atoms with Crippen LogP contribution in [0.3, 0.4) is 0 Å². The van der Waals surface area contributed by atoms with Crippen LogP contribution in [0.25, 0.3) is 0 Å². The molecule has 0 unspecified atom stereocenters. The van der Waals surface area contributed by atoms with Crippen molar-refractivity contribution in [1.29, 1.82) is 0 Å². The van der Waals surface area contributed by atoms with Crippen LogP contribution in [0.5, 0.6) is 5.88 Å². The minimum Gasteiger partial charge on any atom is -0.480 e. The first kappa shape index (κ1) is 19.0. The molecule has 1 N–H and O–H groups in total. The van der Waals surface area contributed by atoms with E-state index in [0.717, 1.165) is 10.4 Å². The molecule has 5 nitrogen and oxygen atoms in total. The first-order valence-electron chi connectivity index (χ1n) is 9.14. The van der Waals surface area contributed by atoms with Gasteiger partial charge in [-0.1, -0.05) is 19.3 Å². The van der Waals surface area contributed by atoms with E-state index in [1.54, 1.807) is 25.3 Å². The van der Waals surface area contributed by atoms with Crippen molar-refractivity contribution in [3.05, 3.63) is 12.3 Å². The first-order chi connectivity index (χ1) is 11.8. The summed E-state index contributed by atoms with van der Waals surface area (Å²) in [6, 6.07) is 2.62. The van der Waals surface area contributed by atoms with Crippen LogP contribution in [0, 0.1) is 0 Å². The van der Waals surface area contributed by atoms with Gasteiger partial charge in [-0.2, -0.15) is 0 Å². The highest BCUT2D eigenvalue weighted by molar-refractivity contribution is 7.97. The number of pyridine rings is 1. The molecule has 1 saturated carbocycles. The summed E-state index contributed by atoms with van der Waals surface area (Å²) in [4.78, 5) is 5.43.